The van der Waals surface area contributed by atoms with Gasteiger partial charge in [0, 0.05) is 18.3 Å². The third-order valence-corrected chi connectivity index (χ3v) is 2.50. The lowest BCUT2D eigenvalue weighted by Crippen LogP contribution is -2.02. The SMILES string of the molecule is O=C(O)c1cc(COc2ccc([N+](=O)[O-])cc2)ccn1. The van der Waals surface area contributed by atoms with Gasteiger partial charge in [-0.25, -0.2) is 9.78 Å². The van der Waals surface area contributed by atoms with E-state index in [1.165, 1.54) is 36.5 Å². The first-order valence-electron chi connectivity index (χ1n) is 5.62. The van der Waals surface area contributed by atoms with Crippen LogP contribution in [0.15, 0.2) is 42.6 Å². The summed E-state index contributed by atoms with van der Waals surface area (Å²) in [7, 11) is 0. The molecule has 0 unspecified atom stereocenters. The molecular weight excluding hydrogens is 264 g/mol. The van der Waals surface area contributed by atoms with Crippen LogP contribution in [0.4, 0.5) is 5.69 Å². The van der Waals surface area contributed by atoms with E-state index in [1.54, 1.807) is 6.07 Å². The van der Waals surface area contributed by atoms with Gasteiger partial charge in [0.05, 0.1) is 4.92 Å². The average molecular weight is 274 g/mol. The minimum Gasteiger partial charge on any atom is -0.489 e. The number of aromatic nitrogens is 1. The van der Waals surface area contributed by atoms with Crippen LogP contribution in [-0.2, 0) is 6.61 Å². The molecule has 7 heteroatoms. The molecule has 0 aliphatic heterocycles. The molecule has 1 aromatic carbocycles. The lowest BCUT2D eigenvalue weighted by Gasteiger charge is -2.06. The quantitative estimate of drug-likeness (QED) is 0.662. The number of rotatable bonds is 5. The van der Waals surface area contributed by atoms with Crippen molar-refractivity contribution in [2.75, 3.05) is 0 Å². The molecule has 0 atom stereocenters. The molecule has 1 heterocycles. The molecular formula is C13H10N2O5. The van der Waals surface area contributed by atoms with Crippen LogP contribution >= 0.6 is 0 Å². The number of pyridine rings is 1. The Balaban J connectivity index is 2.03. The first-order chi connectivity index (χ1) is 9.56. The first-order valence-corrected chi connectivity index (χ1v) is 5.62. The number of aromatic carboxylic acids is 1. The van der Waals surface area contributed by atoms with Crippen molar-refractivity contribution in [3.63, 3.8) is 0 Å². The molecule has 1 N–H and O–H groups in total. The summed E-state index contributed by atoms with van der Waals surface area (Å²) in [5.74, 6) is -0.647. The molecule has 0 spiro atoms. The van der Waals surface area contributed by atoms with Gasteiger partial charge in [-0.3, -0.25) is 10.1 Å². The van der Waals surface area contributed by atoms with E-state index in [4.69, 9.17) is 9.84 Å². The van der Waals surface area contributed by atoms with E-state index in [0.29, 0.717) is 11.3 Å². The fourth-order valence-electron chi connectivity index (χ4n) is 1.51. The van der Waals surface area contributed by atoms with E-state index < -0.39 is 10.9 Å². The Kier molecular flexibility index (Phi) is 3.90. The van der Waals surface area contributed by atoms with Crippen molar-refractivity contribution in [2.24, 2.45) is 0 Å². The minimum absolute atomic E-state index is 0.0191. The summed E-state index contributed by atoms with van der Waals surface area (Å²) in [4.78, 5) is 24.5. The molecule has 1 aromatic heterocycles. The lowest BCUT2D eigenvalue weighted by molar-refractivity contribution is -0.384. The number of carboxylic acids is 1. The normalized spacial score (nSPS) is 10.0. The molecule has 0 bridgehead atoms. The largest absolute Gasteiger partial charge is 0.489 e. The number of hydrogen-bond donors (Lipinski definition) is 1. The van der Waals surface area contributed by atoms with Gasteiger partial charge in [-0.05, 0) is 29.8 Å². The summed E-state index contributed by atoms with van der Waals surface area (Å²) in [5.41, 5.74) is 0.569. The highest BCUT2D eigenvalue weighted by Crippen LogP contribution is 2.18. The van der Waals surface area contributed by atoms with Crippen molar-refractivity contribution >= 4 is 11.7 Å². The number of nitro groups is 1. The highest BCUT2D eigenvalue weighted by Gasteiger charge is 2.07. The molecule has 2 aromatic rings. The maximum atomic E-state index is 10.8. The van der Waals surface area contributed by atoms with Crippen LogP contribution in [0.3, 0.4) is 0 Å². The highest BCUT2D eigenvalue weighted by molar-refractivity contribution is 5.85. The fourth-order valence-corrected chi connectivity index (χ4v) is 1.51. The predicted octanol–water partition coefficient (Wildman–Crippen LogP) is 2.27. The highest BCUT2D eigenvalue weighted by atomic mass is 16.6. The average Bonchev–Trinajstić information content (AvgIpc) is 2.46. The number of benzene rings is 1. The molecule has 0 saturated heterocycles. The van der Waals surface area contributed by atoms with Crippen LogP contribution < -0.4 is 4.74 Å². The van der Waals surface area contributed by atoms with E-state index in [9.17, 15) is 14.9 Å². The molecule has 0 fully saturated rings. The Morgan fingerprint density at radius 3 is 2.60 bits per heavy atom. The molecule has 102 valence electrons. The molecule has 0 saturated carbocycles. The Morgan fingerprint density at radius 2 is 2.00 bits per heavy atom. The van der Waals surface area contributed by atoms with E-state index in [2.05, 4.69) is 4.98 Å². The Labute approximate surface area is 113 Å². The lowest BCUT2D eigenvalue weighted by atomic mass is 10.2. The fraction of sp³-hybridized carbons (Fsp3) is 0.0769. The van der Waals surface area contributed by atoms with Gasteiger partial charge < -0.3 is 9.84 Å². The molecule has 2 rings (SSSR count). The summed E-state index contributed by atoms with van der Waals surface area (Å²) >= 11 is 0. The van der Waals surface area contributed by atoms with Crippen LogP contribution in [0.25, 0.3) is 0 Å². The maximum absolute atomic E-state index is 10.8. The molecule has 20 heavy (non-hydrogen) atoms. The van der Waals surface area contributed by atoms with Gasteiger partial charge in [0.25, 0.3) is 5.69 Å². The van der Waals surface area contributed by atoms with Crippen LogP contribution in [0, 0.1) is 10.1 Å². The Morgan fingerprint density at radius 1 is 1.30 bits per heavy atom. The van der Waals surface area contributed by atoms with E-state index in [-0.39, 0.29) is 18.0 Å². The minimum atomic E-state index is -1.11. The molecule has 0 aliphatic carbocycles. The monoisotopic (exact) mass is 274 g/mol. The zero-order valence-corrected chi connectivity index (χ0v) is 10.2. The van der Waals surface area contributed by atoms with Crippen molar-refractivity contribution in [3.05, 3.63) is 64.0 Å². The zero-order valence-electron chi connectivity index (χ0n) is 10.2. The van der Waals surface area contributed by atoms with E-state index in [0.717, 1.165) is 0 Å². The van der Waals surface area contributed by atoms with Gasteiger partial charge in [0.2, 0.25) is 0 Å². The van der Waals surface area contributed by atoms with E-state index in [1.807, 2.05) is 0 Å². The van der Waals surface area contributed by atoms with Crippen molar-refractivity contribution in [2.45, 2.75) is 6.61 Å². The van der Waals surface area contributed by atoms with Crippen molar-refractivity contribution in [1.82, 2.24) is 4.98 Å². The Hall–Kier alpha value is -2.96. The van der Waals surface area contributed by atoms with Gasteiger partial charge in [0.15, 0.2) is 0 Å². The first kappa shape index (κ1) is 13.5. The summed E-state index contributed by atoms with van der Waals surface area (Å²) < 4.78 is 5.42. The predicted molar refractivity (Wildman–Crippen MR) is 68.6 cm³/mol. The van der Waals surface area contributed by atoms with Crippen molar-refractivity contribution < 1.29 is 19.6 Å². The standard InChI is InChI=1S/C13H10N2O5/c16-13(17)12-7-9(5-6-14-12)8-20-11-3-1-10(2-4-11)15(18)19/h1-7H,8H2,(H,16,17). The molecule has 0 amide bonds. The molecule has 7 nitrogen and oxygen atoms in total. The number of carbonyl (C=O) groups is 1. The summed E-state index contributed by atoms with van der Waals surface area (Å²) in [5, 5.41) is 19.3. The van der Waals surface area contributed by atoms with Crippen LogP contribution in [0.5, 0.6) is 5.75 Å². The second-order valence-corrected chi connectivity index (χ2v) is 3.89. The summed E-state index contributed by atoms with van der Waals surface area (Å²) in [6, 6.07) is 8.69. The number of nitrogens with zero attached hydrogens (tertiary/aromatic N) is 2. The molecule has 0 aliphatic rings. The number of ether oxygens (including phenoxy) is 1. The third-order valence-electron chi connectivity index (χ3n) is 2.50. The van der Waals surface area contributed by atoms with Gasteiger partial charge >= 0.3 is 5.97 Å². The van der Waals surface area contributed by atoms with Crippen molar-refractivity contribution in [3.8, 4) is 5.75 Å². The topological polar surface area (TPSA) is 103 Å². The zero-order chi connectivity index (χ0) is 14.5. The number of carboxylic acid groups (broad SMARTS) is 1. The smallest absolute Gasteiger partial charge is 0.354 e. The Bertz CT molecular complexity index is 639. The second kappa shape index (κ2) is 5.79. The number of hydrogen-bond acceptors (Lipinski definition) is 5. The second-order valence-electron chi connectivity index (χ2n) is 3.89. The van der Waals surface area contributed by atoms with E-state index >= 15 is 0 Å². The number of nitro benzene ring substituents is 1. The van der Waals surface area contributed by atoms with Gasteiger partial charge in [0.1, 0.15) is 18.1 Å². The summed E-state index contributed by atoms with van der Waals surface area (Å²) in [6.45, 7) is 0.153. The molecule has 0 radical (unpaired) electrons. The van der Waals surface area contributed by atoms with Gasteiger partial charge in [-0.2, -0.15) is 0 Å². The maximum Gasteiger partial charge on any atom is 0.354 e. The van der Waals surface area contributed by atoms with Crippen LogP contribution in [-0.4, -0.2) is 21.0 Å². The number of non-ortho nitro benzene ring substituents is 1. The van der Waals surface area contributed by atoms with Crippen LogP contribution in [0.1, 0.15) is 16.1 Å². The van der Waals surface area contributed by atoms with Gasteiger partial charge in [-0.1, -0.05) is 0 Å². The van der Waals surface area contributed by atoms with Crippen molar-refractivity contribution in [1.29, 1.82) is 0 Å². The summed E-state index contributed by atoms with van der Waals surface area (Å²) in [6.07, 6.45) is 1.39. The van der Waals surface area contributed by atoms with Crippen LogP contribution in [0.2, 0.25) is 0 Å². The third kappa shape index (κ3) is 3.29. The van der Waals surface area contributed by atoms with Gasteiger partial charge in [-0.15, -0.1) is 0 Å².